The summed E-state index contributed by atoms with van der Waals surface area (Å²) in [5.41, 5.74) is -2.00. The summed E-state index contributed by atoms with van der Waals surface area (Å²) in [5.74, 6) is 0.923. The van der Waals surface area contributed by atoms with E-state index < -0.39 is 35.2 Å². The zero-order valence-electron chi connectivity index (χ0n) is 22.2. The summed E-state index contributed by atoms with van der Waals surface area (Å²) < 4.78 is 90.9. The lowest BCUT2D eigenvalue weighted by atomic mass is 10.1. The standard InChI is InChI=1S/C29H24ClF6N3O3/c1-41-24-8-7-17(11-25(24)42-2)9-10-39(16-19-12-18-5-3-4-6-23(18)38-26(19)30)27(40)37-22-14-20(28(31,32)33)13-21(15-22)29(34,35)36/h3-8,11-15H,9-10,16H2,1-2H3,(H,37,40). The maximum atomic E-state index is 13.4. The number of aromatic nitrogens is 1. The normalized spacial score (nSPS) is 11.8. The van der Waals surface area contributed by atoms with Crippen molar-refractivity contribution in [3.05, 3.63) is 94.1 Å². The third kappa shape index (κ3) is 7.35. The van der Waals surface area contributed by atoms with Crippen LogP contribution in [0.5, 0.6) is 11.5 Å². The first-order chi connectivity index (χ1) is 19.8. The van der Waals surface area contributed by atoms with Crippen molar-refractivity contribution in [2.45, 2.75) is 25.3 Å². The van der Waals surface area contributed by atoms with Crippen LogP contribution in [-0.2, 0) is 25.3 Å². The van der Waals surface area contributed by atoms with Crippen LogP contribution in [0.2, 0.25) is 5.15 Å². The Morgan fingerprint density at radius 3 is 2.14 bits per heavy atom. The van der Waals surface area contributed by atoms with Crippen LogP contribution in [-0.4, -0.2) is 36.7 Å². The van der Waals surface area contributed by atoms with Crippen LogP contribution in [0, 0.1) is 0 Å². The molecule has 0 fully saturated rings. The highest BCUT2D eigenvalue weighted by atomic mass is 35.5. The fraction of sp³-hybridized carbons (Fsp3) is 0.241. The zero-order valence-corrected chi connectivity index (χ0v) is 23.0. The first-order valence-corrected chi connectivity index (χ1v) is 12.8. The highest BCUT2D eigenvalue weighted by molar-refractivity contribution is 6.30. The lowest BCUT2D eigenvalue weighted by Crippen LogP contribution is -2.36. The number of pyridine rings is 1. The molecule has 0 unspecified atom stereocenters. The Morgan fingerprint density at radius 1 is 0.881 bits per heavy atom. The molecule has 6 nitrogen and oxygen atoms in total. The number of benzene rings is 3. The Hall–Kier alpha value is -4.19. The molecular weight excluding hydrogens is 588 g/mol. The second-order valence-corrected chi connectivity index (χ2v) is 9.57. The highest BCUT2D eigenvalue weighted by Gasteiger charge is 2.37. The summed E-state index contributed by atoms with van der Waals surface area (Å²) in [5, 5.41) is 3.02. The van der Waals surface area contributed by atoms with Gasteiger partial charge in [0.1, 0.15) is 5.15 Å². The number of halogens is 7. The van der Waals surface area contributed by atoms with Gasteiger partial charge in [-0.15, -0.1) is 0 Å². The van der Waals surface area contributed by atoms with Gasteiger partial charge in [-0.3, -0.25) is 0 Å². The minimum absolute atomic E-state index is 0.00892. The van der Waals surface area contributed by atoms with Gasteiger partial charge in [0.15, 0.2) is 11.5 Å². The maximum absolute atomic E-state index is 13.4. The number of nitrogens with one attached hydrogen (secondary N) is 1. The molecule has 0 spiro atoms. The topological polar surface area (TPSA) is 63.7 Å². The molecule has 0 aliphatic carbocycles. The monoisotopic (exact) mass is 611 g/mol. The maximum Gasteiger partial charge on any atom is 0.416 e. The second-order valence-electron chi connectivity index (χ2n) is 9.22. The van der Waals surface area contributed by atoms with Gasteiger partial charge in [0, 0.05) is 23.2 Å². The van der Waals surface area contributed by atoms with E-state index in [1.807, 2.05) is 0 Å². The number of para-hydroxylation sites is 1. The van der Waals surface area contributed by atoms with E-state index in [9.17, 15) is 31.1 Å². The number of ether oxygens (including phenoxy) is 2. The Balaban J connectivity index is 1.67. The number of rotatable bonds is 8. The van der Waals surface area contributed by atoms with E-state index in [2.05, 4.69) is 10.3 Å². The van der Waals surface area contributed by atoms with Crippen molar-refractivity contribution in [2.75, 3.05) is 26.1 Å². The number of alkyl halides is 6. The molecule has 0 saturated carbocycles. The summed E-state index contributed by atoms with van der Waals surface area (Å²) >= 11 is 6.39. The molecule has 42 heavy (non-hydrogen) atoms. The summed E-state index contributed by atoms with van der Waals surface area (Å²) in [6.45, 7) is -0.129. The van der Waals surface area contributed by atoms with Gasteiger partial charge < -0.3 is 19.7 Å². The molecule has 1 heterocycles. The number of urea groups is 1. The number of fused-ring (bicyclic) bond motifs is 1. The van der Waals surface area contributed by atoms with Crippen molar-refractivity contribution in [3.63, 3.8) is 0 Å². The van der Waals surface area contributed by atoms with Crippen molar-refractivity contribution < 1.29 is 40.6 Å². The highest BCUT2D eigenvalue weighted by Crippen LogP contribution is 2.38. The van der Waals surface area contributed by atoms with E-state index in [-0.39, 0.29) is 30.7 Å². The van der Waals surface area contributed by atoms with Crippen LogP contribution in [0.1, 0.15) is 22.3 Å². The molecule has 0 saturated heterocycles. The van der Waals surface area contributed by atoms with E-state index in [0.717, 1.165) is 10.9 Å². The van der Waals surface area contributed by atoms with E-state index >= 15 is 0 Å². The molecule has 4 aromatic rings. The minimum atomic E-state index is -5.07. The molecule has 0 bridgehead atoms. The summed E-state index contributed by atoms with van der Waals surface area (Å²) in [7, 11) is 2.93. The van der Waals surface area contributed by atoms with Gasteiger partial charge in [0.25, 0.3) is 0 Å². The Morgan fingerprint density at radius 2 is 1.52 bits per heavy atom. The van der Waals surface area contributed by atoms with Gasteiger partial charge >= 0.3 is 18.4 Å². The molecule has 0 radical (unpaired) electrons. The molecule has 1 aromatic heterocycles. The number of carbonyl (C=O) groups is 1. The van der Waals surface area contributed by atoms with Crippen molar-refractivity contribution in [1.82, 2.24) is 9.88 Å². The van der Waals surface area contributed by atoms with E-state index in [1.165, 1.54) is 19.1 Å². The lowest BCUT2D eigenvalue weighted by molar-refractivity contribution is -0.143. The van der Waals surface area contributed by atoms with Crippen LogP contribution in [0.15, 0.2) is 66.7 Å². The van der Waals surface area contributed by atoms with E-state index in [4.69, 9.17) is 21.1 Å². The van der Waals surface area contributed by atoms with Gasteiger partial charge in [-0.1, -0.05) is 35.9 Å². The Kier molecular flexibility index (Phi) is 9.05. The smallest absolute Gasteiger partial charge is 0.416 e. The van der Waals surface area contributed by atoms with Crippen LogP contribution in [0.25, 0.3) is 10.9 Å². The van der Waals surface area contributed by atoms with Gasteiger partial charge in [-0.25, -0.2) is 9.78 Å². The molecule has 3 aromatic carbocycles. The predicted octanol–water partition coefficient (Wildman–Crippen LogP) is 8.22. The van der Waals surface area contributed by atoms with Gasteiger partial charge in [-0.05, 0) is 54.4 Å². The van der Waals surface area contributed by atoms with Gasteiger partial charge in [-0.2, -0.15) is 26.3 Å². The fourth-order valence-corrected chi connectivity index (χ4v) is 4.44. The Bertz CT molecular complexity index is 1560. The molecule has 4 rings (SSSR count). The number of methoxy groups -OCH3 is 2. The molecule has 13 heteroatoms. The van der Waals surface area contributed by atoms with E-state index in [0.29, 0.717) is 34.7 Å². The largest absolute Gasteiger partial charge is 0.493 e. The summed E-state index contributed by atoms with van der Waals surface area (Å²) in [6.07, 6.45) is -9.89. The number of nitrogens with zero attached hydrogens (tertiary/aromatic N) is 2. The van der Waals surface area contributed by atoms with Crippen LogP contribution in [0.4, 0.5) is 36.8 Å². The number of hydrogen-bond acceptors (Lipinski definition) is 4. The average Bonchev–Trinajstić information content (AvgIpc) is 2.94. The number of anilines is 1. The minimum Gasteiger partial charge on any atom is -0.493 e. The number of amides is 2. The van der Waals surface area contributed by atoms with Crippen LogP contribution >= 0.6 is 11.6 Å². The van der Waals surface area contributed by atoms with Gasteiger partial charge in [0.05, 0.1) is 37.4 Å². The molecule has 1 N–H and O–H groups in total. The van der Waals surface area contributed by atoms with Crippen LogP contribution < -0.4 is 14.8 Å². The molecule has 0 aliphatic rings. The summed E-state index contributed by atoms with van der Waals surface area (Å²) in [4.78, 5) is 19.0. The van der Waals surface area contributed by atoms with Crippen molar-refractivity contribution in [3.8, 4) is 11.5 Å². The third-order valence-electron chi connectivity index (χ3n) is 6.36. The van der Waals surface area contributed by atoms with Gasteiger partial charge in [0.2, 0.25) is 0 Å². The van der Waals surface area contributed by atoms with Crippen molar-refractivity contribution in [1.29, 1.82) is 0 Å². The molecular formula is C29H24ClF6N3O3. The lowest BCUT2D eigenvalue weighted by Gasteiger charge is -2.25. The zero-order chi connectivity index (χ0) is 30.7. The quantitative estimate of drug-likeness (QED) is 0.161. The van der Waals surface area contributed by atoms with Crippen LogP contribution in [0.3, 0.4) is 0 Å². The predicted molar refractivity (Wildman–Crippen MR) is 146 cm³/mol. The fourth-order valence-electron chi connectivity index (χ4n) is 4.23. The van der Waals surface area contributed by atoms with Crippen molar-refractivity contribution >= 4 is 34.2 Å². The third-order valence-corrected chi connectivity index (χ3v) is 6.68. The number of hydrogen-bond donors (Lipinski definition) is 1. The number of carbonyl (C=O) groups excluding carboxylic acids is 1. The SMILES string of the molecule is COc1ccc(CCN(Cc2cc3ccccc3nc2Cl)C(=O)Nc2cc(C(F)(F)F)cc(C(F)(F)F)c2)cc1OC. The van der Waals surface area contributed by atoms with E-state index in [1.54, 1.807) is 48.5 Å². The second kappa shape index (κ2) is 12.4. The van der Waals surface area contributed by atoms with Crippen molar-refractivity contribution in [2.24, 2.45) is 0 Å². The summed E-state index contributed by atoms with van der Waals surface area (Å²) in [6, 6.07) is 13.9. The first-order valence-electron chi connectivity index (χ1n) is 12.4. The molecule has 0 atom stereocenters. The molecule has 2 amide bonds. The first kappa shape index (κ1) is 30.8. The molecule has 222 valence electrons. The Labute approximate surface area is 241 Å². The molecule has 0 aliphatic heterocycles. The average molecular weight is 612 g/mol.